The predicted octanol–water partition coefficient (Wildman–Crippen LogP) is 10.5. The van der Waals surface area contributed by atoms with Crippen LogP contribution in [0.4, 0.5) is 0 Å². The predicted molar refractivity (Wildman–Crippen MR) is 278 cm³/mol. The van der Waals surface area contributed by atoms with E-state index in [0.29, 0.717) is 0 Å². The van der Waals surface area contributed by atoms with Gasteiger partial charge in [0.2, 0.25) is 0 Å². The van der Waals surface area contributed by atoms with E-state index in [1.807, 2.05) is 134 Å². The smallest absolute Gasteiger partial charge is 0.289 e. The van der Waals surface area contributed by atoms with E-state index < -0.39 is 16.2 Å². The normalized spacial score (nSPS) is 10.8. The molecule has 0 unspecified atom stereocenters. The van der Waals surface area contributed by atoms with Gasteiger partial charge in [-0.2, -0.15) is 0 Å². The fourth-order valence-electron chi connectivity index (χ4n) is 8.29. The molecule has 0 spiro atoms. The summed E-state index contributed by atoms with van der Waals surface area (Å²) in [4.78, 5) is 21.6. The van der Waals surface area contributed by atoms with Gasteiger partial charge >= 0.3 is 0 Å². The van der Waals surface area contributed by atoms with E-state index in [2.05, 4.69) is 156 Å². The first kappa shape index (κ1) is 45.6. The second-order valence-electron chi connectivity index (χ2n) is 15.4. The third-order valence-corrected chi connectivity index (χ3v) is 18.0. The molecule has 1 N–H and O–H groups in total. The molecule has 6 heteroatoms. The van der Waals surface area contributed by atoms with Crippen LogP contribution in [0.2, 0.25) is 0 Å². The summed E-state index contributed by atoms with van der Waals surface area (Å²) in [6.45, 7) is 0. The molecule has 3 nitrogen and oxygen atoms in total. The second kappa shape index (κ2) is 22.3. The van der Waals surface area contributed by atoms with E-state index in [1.165, 1.54) is 37.5 Å². The van der Waals surface area contributed by atoms with Gasteiger partial charge in [-0.15, -0.1) is 71.8 Å². The van der Waals surface area contributed by atoms with Crippen molar-refractivity contribution in [1.82, 2.24) is 9.97 Å². The monoisotopic (exact) mass is 1060 g/mol. The Labute approximate surface area is 403 Å². The van der Waals surface area contributed by atoms with Gasteiger partial charge in [-0.25, -0.2) is 0 Å². The zero-order valence-corrected chi connectivity index (χ0v) is 40.5. The van der Waals surface area contributed by atoms with Crippen LogP contribution >= 0.6 is 7.92 Å². The SMILES string of the molecule is O[Si](c1ccccc1)(c1ccccc1)c1ccccc1[PH+](c1ccccc1)c1ccccc1.[Ir].[c-]1ccccc1-c1nccc2ccccc12.[c-]1ccccc1-c1nccc2ccccc12. The Kier molecular flexibility index (Phi) is 15.4. The molecule has 0 bridgehead atoms. The second-order valence-corrected chi connectivity index (χ2v) is 21.0. The Bertz CT molecular complexity index is 3020. The van der Waals surface area contributed by atoms with E-state index in [9.17, 15) is 4.80 Å². The molecule has 0 aliphatic carbocycles. The molecular formula is C60H46IrN2OPSi-. The number of hydrogen-bond acceptors (Lipinski definition) is 3. The minimum Gasteiger partial charge on any atom is -0.421 e. The molecule has 11 rings (SSSR count). The van der Waals surface area contributed by atoms with Crippen molar-refractivity contribution < 1.29 is 24.9 Å². The molecule has 0 amide bonds. The summed E-state index contributed by atoms with van der Waals surface area (Å²) in [5.74, 6) is 0. The van der Waals surface area contributed by atoms with Gasteiger partial charge in [0.05, 0.1) is 7.92 Å². The number of rotatable bonds is 8. The maximum Gasteiger partial charge on any atom is 0.289 e. The zero-order valence-electron chi connectivity index (χ0n) is 36.1. The van der Waals surface area contributed by atoms with E-state index in [1.54, 1.807) is 0 Å². The zero-order chi connectivity index (χ0) is 44.1. The molecule has 66 heavy (non-hydrogen) atoms. The minimum atomic E-state index is -3.23. The van der Waals surface area contributed by atoms with Gasteiger partial charge in [0.1, 0.15) is 15.9 Å². The van der Waals surface area contributed by atoms with E-state index in [4.69, 9.17) is 0 Å². The fourth-order valence-corrected chi connectivity index (χ4v) is 14.9. The molecule has 9 aromatic carbocycles. The Morgan fingerprint density at radius 2 is 0.758 bits per heavy atom. The fraction of sp³-hybridized carbons (Fsp3) is 0. The van der Waals surface area contributed by atoms with Crippen LogP contribution in [0.1, 0.15) is 0 Å². The molecule has 0 saturated carbocycles. The maximum absolute atomic E-state index is 12.7. The molecule has 0 aliphatic rings. The van der Waals surface area contributed by atoms with Crippen molar-refractivity contribution >= 4 is 69.3 Å². The first-order valence-electron chi connectivity index (χ1n) is 21.7. The van der Waals surface area contributed by atoms with Crippen molar-refractivity contribution in [3.05, 3.63) is 279 Å². The molecule has 0 saturated heterocycles. The largest absolute Gasteiger partial charge is 0.421 e. The molecule has 1 radical (unpaired) electrons. The summed E-state index contributed by atoms with van der Waals surface area (Å²) in [5, 5.41) is 11.7. The Balaban J connectivity index is 0.000000149. The third kappa shape index (κ3) is 10.3. The number of pyridine rings is 2. The molecule has 2 heterocycles. The van der Waals surface area contributed by atoms with Crippen LogP contribution < -0.4 is 31.5 Å². The van der Waals surface area contributed by atoms with Crippen molar-refractivity contribution in [2.75, 3.05) is 0 Å². The van der Waals surface area contributed by atoms with Crippen LogP contribution in [-0.4, -0.2) is 23.1 Å². The van der Waals surface area contributed by atoms with E-state index >= 15 is 0 Å². The topological polar surface area (TPSA) is 46.0 Å². The van der Waals surface area contributed by atoms with Crippen LogP contribution in [0.3, 0.4) is 0 Å². The quantitative estimate of drug-likeness (QED) is 0.0714. The first-order valence-corrected chi connectivity index (χ1v) is 25.2. The molecule has 2 aromatic heterocycles. The average Bonchev–Trinajstić information content (AvgIpc) is 3.40. The first-order chi connectivity index (χ1) is 32.2. The summed E-state index contributed by atoms with van der Waals surface area (Å²) in [7, 11) is -4.55. The molecule has 0 atom stereocenters. The number of aromatic nitrogens is 2. The summed E-state index contributed by atoms with van der Waals surface area (Å²) in [6.07, 6.45) is 3.69. The summed E-state index contributed by atoms with van der Waals surface area (Å²) in [6, 6.07) is 93.4. The van der Waals surface area contributed by atoms with Crippen LogP contribution in [-0.2, 0) is 20.1 Å². The van der Waals surface area contributed by atoms with Crippen molar-refractivity contribution in [3.63, 3.8) is 0 Å². The maximum atomic E-state index is 12.7. The van der Waals surface area contributed by atoms with Crippen LogP contribution in [0.5, 0.6) is 0 Å². The summed E-state index contributed by atoms with van der Waals surface area (Å²) in [5.41, 5.74) is 4.08. The number of nitrogens with zero attached hydrogens (tertiary/aromatic N) is 2. The summed E-state index contributed by atoms with van der Waals surface area (Å²) < 4.78 is 0. The molecule has 11 aromatic rings. The Hall–Kier alpha value is -6.94. The Morgan fingerprint density at radius 1 is 0.379 bits per heavy atom. The van der Waals surface area contributed by atoms with Gasteiger partial charge in [0.25, 0.3) is 8.32 Å². The van der Waals surface area contributed by atoms with Crippen molar-refractivity contribution in [2.24, 2.45) is 0 Å². The molecule has 0 aliphatic heterocycles. The van der Waals surface area contributed by atoms with Crippen molar-refractivity contribution in [3.8, 4) is 22.5 Å². The van der Waals surface area contributed by atoms with Gasteiger partial charge in [-0.3, -0.25) is 0 Å². The van der Waals surface area contributed by atoms with Crippen LogP contribution in [0.25, 0.3) is 44.1 Å². The molecular weight excluding hydrogens is 1020 g/mol. The van der Waals surface area contributed by atoms with Crippen LogP contribution in [0, 0.1) is 12.1 Å². The van der Waals surface area contributed by atoms with Gasteiger partial charge < -0.3 is 14.8 Å². The number of benzene rings is 9. The average molecular weight is 1060 g/mol. The molecule has 321 valence electrons. The van der Waals surface area contributed by atoms with Gasteiger partial charge in [-0.05, 0) is 85.8 Å². The minimum absolute atomic E-state index is 0. The third-order valence-electron chi connectivity index (χ3n) is 11.4. The van der Waals surface area contributed by atoms with E-state index in [0.717, 1.165) is 38.1 Å². The van der Waals surface area contributed by atoms with E-state index in [-0.39, 0.29) is 20.1 Å². The molecule has 0 fully saturated rings. The van der Waals surface area contributed by atoms with Gasteiger partial charge in [-0.1, -0.05) is 164 Å². The van der Waals surface area contributed by atoms with Gasteiger partial charge in [0, 0.05) is 37.7 Å². The van der Waals surface area contributed by atoms with Crippen molar-refractivity contribution in [2.45, 2.75) is 0 Å². The van der Waals surface area contributed by atoms with Crippen LogP contribution in [0.15, 0.2) is 267 Å². The number of fused-ring (bicyclic) bond motifs is 2. The van der Waals surface area contributed by atoms with Gasteiger partial charge in [0.15, 0.2) is 0 Å². The summed E-state index contributed by atoms with van der Waals surface area (Å²) >= 11 is 0. The Morgan fingerprint density at radius 3 is 1.20 bits per heavy atom. The standard InChI is InChI=1S/C30H25OPSi.2C15H10N.Ir/c31-33(27-19-9-3-10-20-27,28-21-11-4-12-22-28)30-24-14-13-23-29(30)32(25-15-5-1-6-16-25)26-17-7-2-8-18-26;2*1-2-7-13(8-3-1)15-14-9-5-4-6-12(14)10-11-16-15;/h1-24,31H;2*1-7,9-11H;/q;2*-1;/p+1. The van der Waals surface area contributed by atoms with Crippen molar-refractivity contribution in [1.29, 1.82) is 0 Å². The number of hydrogen-bond donors (Lipinski definition) is 1.